The number of esters is 1. The van der Waals surface area contributed by atoms with Gasteiger partial charge in [0.2, 0.25) is 0 Å². The number of anilines is 1. The summed E-state index contributed by atoms with van der Waals surface area (Å²) in [5, 5.41) is 0. The van der Waals surface area contributed by atoms with Crippen molar-refractivity contribution in [2.45, 2.75) is 26.7 Å². The molecule has 5 heteroatoms. The Morgan fingerprint density at radius 3 is 2.56 bits per heavy atom. The van der Waals surface area contributed by atoms with Gasteiger partial charge in [-0.3, -0.25) is 4.79 Å². The number of carbonyl (C=O) groups excluding carboxylic acids is 1. The number of hydrogen-bond donors (Lipinski definition) is 0. The van der Waals surface area contributed by atoms with Gasteiger partial charge in [-0.25, -0.2) is 9.97 Å². The molecule has 0 atom stereocenters. The minimum Gasteiger partial charge on any atom is -0.469 e. The van der Waals surface area contributed by atoms with E-state index in [1.165, 1.54) is 7.11 Å². The van der Waals surface area contributed by atoms with Crippen LogP contribution >= 0.6 is 0 Å². The van der Waals surface area contributed by atoms with Crippen molar-refractivity contribution in [1.82, 2.24) is 9.97 Å². The summed E-state index contributed by atoms with van der Waals surface area (Å²) in [6.45, 7) is 5.56. The lowest BCUT2D eigenvalue weighted by molar-refractivity contribution is -0.146. The second kappa shape index (κ2) is 5.33. The Morgan fingerprint density at radius 2 is 2.00 bits per heavy atom. The third-order valence-corrected chi connectivity index (χ3v) is 3.31. The van der Waals surface area contributed by atoms with Crippen LogP contribution in [0.2, 0.25) is 0 Å². The van der Waals surface area contributed by atoms with Gasteiger partial charge in [-0.2, -0.15) is 0 Å². The predicted octanol–water partition coefficient (Wildman–Crippen LogP) is 1.48. The van der Waals surface area contributed by atoms with E-state index in [-0.39, 0.29) is 11.9 Å². The summed E-state index contributed by atoms with van der Waals surface area (Å²) < 4.78 is 4.79. The molecule has 98 valence electrons. The molecular formula is C13H19N3O2. The van der Waals surface area contributed by atoms with Gasteiger partial charge < -0.3 is 9.64 Å². The van der Waals surface area contributed by atoms with Crippen LogP contribution in [-0.4, -0.2) is 36.1 Å². The molecular weight excluding hydrogens is 230 g/mol. The van der Waals surface area contributed by atoms with E-state index in [0.717, 1.165) is 43.3 Å². The zero-order valence-electron chi connectivity index (χ0n) is 11.1. The maximum atomic E-state index is 11.5. The van der Waals surface area contributed by atoms with Crippen LogP contribution in [0, 0.1) is 19.8 Å². The van der Waals surface area contributed by atoms with Gasteiger partial charge >= 0.3 is 5.97 Å². The Labute approximate surface area is 107 Å². The first-order valence-corrected chi connectivity index (χ1v) is 6.25. The van der Waals surface area contributed by atoms with Crippen molar-refractivity contribution in [3.05, 3.63) is 17.6 Å². The number of aryl methyl sites for hydroxylation is 2. The predicted molar refractivity (Wildman–Crippen MR) is 68.5 cm³/mol. The first-order chi connectivity index (χ1) is 8.60. The highest BCUT2D eigenvalue weighted by Crippen LogP contribution is 2.23. The lowest BCUT2D eigenvalue weighted by Gasteiger charge is -2.31. The molecule has 1 saturated heterocycles. The Morgan fingerprint density at radius 1 is 1.33 bits per heavy atom. The molecule has 18 heavy (non-hydrogen) atoms. The molecule has 1 aliphatic rings. The van der Waals surface area contributed by atoms with Crippen molar-refractivity contribution in [2.24, 2.45) is 5.92 Å². The monoisotopic (exact) mass is 249 g/mol. The van der Waals surface area contributed by atoms with Crippen molar-refractivity contribution in [3.63, 3.8) is 0 Å². The van der Waals surface area contributed by atoms with Gasteiger partial charge in [-0.15, -0.1) is 0 Å². The fraction of sp³-hybridized carbons (Fsp3) is 0.615. The molecule has 0 unspecified atom stereocenters. The number of piperidine rings is 1. The molecule has 2 heterocycles. The van der Waals surface area contributed by atoms with E-state index in [0.29, 0.717) is 0 Å². The van der Waals surface area contributed by atoms with Crippen molar-refractivity contribution in [2.75, 3.05) is 25.1 Å². The first-order valence-electron chi connectivity index (χ1n) is 6.25. The minimum absolute atomic E-state index is 0.0373. The molecule has 0 spiro atoms. The molecule has 1 aromatic heterocycles. The van der Waals surface area contributed by atoms with Crippen molar-refractivity contribution in [3.8, 4) is 0 Å². The number of nitrogens with zero attached hydrogens (tertiary/aromatic N) is 3. The summed E-state index contributed by atoms with van der Waals surface area (Å²) in [5.74, 6) is 1.70. The van der Waals surface area contributed by atoms with Crippen LogP contribution in [0.4, 0.5) is 5.82 Å². The third-order valence-electron chi connectivity index (χ3n) is 3.31. The summed E-state index contributed by atoms with van der Waals surface area (Å²) in [4.78, 5) is 22.4. The van der Waals surface area contributed by atoms with Gasteiger partial charge in [-0.1, -0.05) is 0 Å². The standard InChI is InChI=1S/C13H19N3O2/c1-9-8-12(15-10(2)14-9)16-6-4-11(5-7-16)13(17)18-3/h8,11H,4-7H2,1-3H3. The minimum atomic E-state index is -0.0929. The van der Waals surface area contributed by atoms with Crippen molar-refractivity contribution < 1.29 is 9.53 Å². The maximum absolute atomic E-state index is 11.5. The number of methoxy groups -OCH3 is 1. The Balaban J connectivity index is 2.03. The summed E-state index contributed by atoms with van der Waals surface area (Å²) >= 11 is 0. The van der Waals surface area contributed by atoms with Crippen LogP contribution in [0.25, 0.3) is 0 Å². The fourth-order valence-electron chi connectivity index (χ4n) is 2.37. The van der Waals surface area contributed by atoms with E-state index < -0.39 is 0 Å². The van der Waals surface area contributed by atoms with Crippen molar-refractivity contribution >= 4 is 11.8 Å². The lowest BCUT2D eigenvalue weighted by Crippen LogP contribution is -2.37. The van der Waals surface area contributed by atoms with Crippen LogP contribution in [0.15, 0.2) is 6.07 Å². The molecule has 0 aromatic carbocycles. The zero-order valence-corrected chi connectivity index (χ0v) is 11.1. The van der Waals surface area contributed by atoms with E-state index in [1.54, 1.807) is 0 Å². The molecule has 1 fully saturated rings. The normalized spacial score (nSPS) is 16.7. The molecule has 0 N–H and O–H groups in total. The van der Waals surface area contributed by atoms with E-state index >= 15 is 0 Å². The van der Waals surface area contributed by atoms with Gasteiger partial charge in [0.05, 0.1) is 13.0 Å². The maximum Gasteiger partial charge on any atom is 0.308 e. The highest BCUT2D eigenvalue weighted by Gasteiger charge is 2.26. The SMILES string of the molecule is COC(=O)C1CCN(c2cc(C)nc(C)n2)CC1. The summed E-state index contributed by atoms with van der Waals surface area (Å²) in [7, 11) is 1.45. The number of aromatic nitrogens is 2. The largest absolute Gasteiger partial charge is 0.469 e. The number of rotatable bonds is 2. The molecule has 0 radical (unpaired) electrons. The van der Waals surface area contributed by atoms with Crippen LogP contribution < -0.4 is 4.90 Å². The lowest BCUT2D eigenvalue weighted by atomic mass is 9.97. The highest BCUT2D eigenvalue weighted by atomic mass is 16.5. The van der Waals surface area contributed by atoms with Gasteiger partial charge in [0.15, 0.2) is 0 Å². The molecule has 2 rings (SSSR count). The number of ether oxygens (including phenoxy) is 1. The van der Waals surface area contributed by atoms with Crippen LogP contribution in [-0.2, 0) is 9.53 Å². The molecule has 0 bridgehead atoms. The smallest absolute Gasteiger partial charge is 0.308 e. The van der Waals surface area contributed by atoms with Gasteiger partial charge in [0.25, 0.3) is 0 Å². The Kier molecular flexibility index (Phi) is 3.79. The van der Waals surface area contributed by atoms with E-state index in [1.807, 2.05) is 19.9 Å². The second-order valence-electron chi connectivity index (χ2n) is 4.70. The van der Waals surface area contributed by atoms with E-state index in [2.05, 4.69) is 14.9 Å². The number of carbonyl (C=O) groups is 1. The zero-order chi connectivity index (χ0) is 13.1. The van der Waals surface area contributed by atoms with Crippen LogP contribution in [0.5, 0.6) is 0 Å². The first kappa shape index (κ1) is 12.8. The quantitative estimate of drug-likeness (QED) is 0.743. The van der Waals surface area contributed by atoms with E-state index in [9.17, 15) is 4.79 Å². The molecule has 1 aromatic rings. The summed E-state index contributed by atoms with van der Waals surface area (Å²) in [6, 6.07) is 1.99. The average molecular weight is 249 g/mol. The third kappa shape index (κ3) is 2.78. The highest BCUT2D eigenvalue weighted by molar-refractivity contribution is 5.72. The molecule has 1 aliphatic heterocycles. The van der Waals surface area contributed by atoms with Gasteiger partial charge in [-0.05, 0) is 26.7 Å². The van der Waals surface area contributed by atoms with Gasteiger partial charge in [0.1, 0.15) is 11.6 Å². The molecule has 0 amide bonds. The number of hydrogen-bond acceptors (Lipinski definition) is 5. The van der Waals surface area contributed by atoms with Crippen molar-refractivity contribution in [1.29, 1.82) is 0 Å². The van der Waals surface area contributed by atoms with Crippen LogP contribution in [0.3, 0.4) is 0 Å². The fourth-order valence-corrected chi connectivity index (χ4v) is 2.37. The van der Waals surface area contributed by atoms with Crippen LogP contribution in [0.1, 0.15) is 24.4 Å². The second-order valence-corrected chi connectivity index (χ2v) is 4.70. The Bertz CT molecular complexity index is 420. The average Bonchev–Trinajstić information content (AvgIpc) is 2.37. The summed E-state index contributed by atoms with van der Waals surface area (Å²) in [6.07, 6.45) is 1.66. The molecule has 5 nitrogen and oxygen atoms in total. The van der Waals surface area contributed by atoms with Gasteiger partial charge in [0, 0.05) is 24.8 Å². The topological polar surface area (TPSA) is 55.3 Å². The Hall–Kier alpha value is -1.65. The molecule has 0 saturated carbocycles. The van der Waals surface area contributed by atoms with E-state index in [4.69, 9.17) is 4.74 Å². The summed E-state index contributed by atoms with van der Waals surface area (Å²) in [5.41, 5.74) is 0.979. The molecule has 0 aliphatic carbocycles.